The summed E-state index contributed by atoms with van der Waals surface area (Å²) in [5.41, 5.74) is -0.0501. The van der Waals surface area contributed by atoms with Gasteiger partial charge in [0.05, 0.1) is 12.2 Å². The predicted octanol–water partition coefficient (Wildman–Crippen LogP) is 2.52. The van der Waals surface area contributed by atoms with E-state index in [1.54, 1.807) is 18.2 Å². The molecule has 4 heteroatoms. The fraction of sp³-hybridized carbons (Fsp3) is 0.538. The molecule has 1 fully saturated rings. The highest BCUT2D eigenvalue weighted by atomic mass is 35.5. The Bertz CT molecular complexity index is 386. The van der Waals surface area contributed by atoms with E-state index in [-0.39, 0.29) is 13.2 Å². The van der Waals surface area contributed by atoms with Crippen LogP contribution in [0.2, 0.25) is 5.02 Å². The van der Waals surface area contributed by atoms with Crippen LogP contribution in [0.4, 0.5) is 0 Å². The van der Waals surface area contributed by atoms with Crippen molar-refractivity contribution in [1.29, 1.82) is 0 Å². The molecule has 0 spiro atoms. The first-order valence-electron chi connectivity index (χ1n) is 5.87. The Labute approximate surface area is 106 Å². The quantitative estimate of drug-likeness (QED) is 0.870. The smallest absolute Gasteiger partial charge is 0.125 e. The van der Waals surface area contributed by atoms with E-state index < -0.39 is 5.60 Å². The van der Waals surface area contributed by atoms with Crippen molar-refractivity contribution in [2.45, 2.75) is 37.9 Å². The zero-order valence-corrected chi connectivity index (χ0v) is 10.4. The number of halogens is 1. The minimum Gasteiger partial charge on any atom is -0.490 e. The van der Waals surface area contributed by atoms with Gasteiger partial charge >= 0.3 is 0 Å². The van der Waals surface area contributed by atoms with Gasteiger partial charge < -0.3 is 14.9 Å². The molecule has 0 saturated heterocycles. The highest BCUT2D eigenvalue weighted by Gasteiger charge is 2.32. The van der Waals surface area contributed by atoms with E-state index in [9.17, 15) is 10.2 Å². The second kappa shape index (κ2) is 5.25. The van der Waals surface area contributed by atoms with Crippen LogP contribution in [0.15, 0.2) is 18.2 Å². The normalized spacial score (nSPS) is 18.3. The molecule has 2 N–H and O–H groups in total. The molecular weight excluding hydrogens is 240 g/mol. The van der Waals surface area contributed by atoms with Gasteiger partial charge in [0.2, 0.25) is 0 Å². The van der Waals surface area contributed by atoms with E-state index in [4.69, 9.17) is 16.3 Å². The maximum Gasteiger partial charge on any atom is 0.125 e. The molecule has 1 aromatic carbocycles. The van der Waals surface area contributed by atoms with Gasteiger partial charge in [-0.3, -0.25) is 0 Å². The summed E-state index contributed by atoms with van der Waals surface area (Å²) in [7, 11) is 0. The van der Waals surface area contributed by atoms with E-state index in [2.05, 4.69) is 0 Å². The van der Waals surface area contributed by atoms with Crippen LogP contribution < -0.4 is 4.74 Å². The second-order valence-corrected chi connectivity index (χ2v) is 5.07. The highest BCUT2D eigenvalue weighted by Crippen LogP contribution is 2.31. The van der Waals surface area contributed by atoms with Crippen LogP contribution in [0.1, 0.15) is 31.2 Å². The third-order valence-electron chi connectivity index (χ3n) is 3.22. The molecule has 0 radical (unpaired) electrons. The van der Waals surface area contributed by atoms with Crippen LogP contribution in [0.5, 0.6) is 5.75 Å². The molecule has 2 rings (SSSR count). The SMILES string of the molecule is OCc1cc(Cl)ccc1OCC1(O)CCCC1. The summed E-state index contributed by atoms with van der Waals surface area (Å²) in [5, 5.41) is 19.9. The number of aliphatic hydroxyl groups excluding tert-OH is 1. The summed E-state index contributed by atoms with van der Waals surface area (Å²) in [6.07, 6.45) is 3.67. The van der Waals surface area contributed by atoms with Crippen molar-refractivity contribution in [3.05, 3.63) is 28.8 Å². The van der Waals surface area contributed by atoms with Crippen LogP contribution >= 0.6 is 11.6 Å². The average molecular weight is 257 g/mol. The highest BCUT2D eigenvalue weighted by molar-refractivity contribution is 6.30. The molecule has 0 atom stereocenters. The summed E-state index contributed by atoms with van der Waals surface area (Å²) < 4.78 is 5.60. The van der Waals surface area contributed by atoms with Crippen molar-refractivity contribution >= 4 is 11.6 Å². The van der Waals surface area contributed by atoms with Gasteiger partial charge in [0, 0.05) is 10.6 Å². The molecule has 1 aromatic rings. The molecule has 1 aliphatic carbocycles. The van der Waals surface area contributed by atoms with Crippen LogP contribution in [-0.4, -0.2) is 22.4 Å². The van der Waals surface area contributed by atoms with Gasteiger partial charge in [0.1, 0.15) is 12.4 Å². The van der Waals surface area contributed by atoms with Crippen LogP contribution in [0.25, 0.3) is 0 Å². The van der Waals surface area contributed by atoms with Gasteiger partial charge in [-0.05, 0) is 31.0 Å². The van der Waals surface area contributed by atoms with Crippen LogP contribution in [0.3, 0.4) is 0 Å². The van der Waals surface area contributed by atoms with Crippen molar-refractivity contribution in [3.8, 4) is 5.75 Å². The fourth-order valence-corrected chi connectivity index (χ4v) is 2.40. The third kappa shape index (κ3) is 3.12. The number of rotatable bonds is 4. The number of hydrogen-bond donors (Lipinski definition) is 2. The molecule has 0 heterocycles. The van der Waals surface area contributed by atoms with E-state index >= 15 is 0 Å². The Morgan fingerprint density at radius 2 is 2.00 bits per heavy atom. The molecule has 0 aliphatic heterocycles. The molecule has 0 aromatic heterocycles. The Morgan fingerprint density at radius 1 is 1.29 bits per heavy atom. The summed E-state index contributed by atoms with van der Waals surface area (Å²) in [4.78, 5) is 0. The van der Waals surface area contributed by atoms with Crippen LogP contribution in [0, 0.1) is 0 Å². The van der Waals surface area contributed by atoms with Gasteiger partial charge in [-0.25, -0.2) is 0 Å². The van der Waals surface area contributed by atoms with E-state index in [0.717, 1.165) is 25.7 Å². The largest absolute Gasteiger partial charge is 0.490 e. The van der Waals surface area contributed by atoms with Gasteiger partial charge in [-0.15, -0.1) is 0 Å². The molecule has 0 amide bonds. The molecule has 1 saturated carbocycles. The topological polar surface area (TPSA) is 49.7 Å². The summed E-state index contributed by atoms with van der Waals surface area (Å²) in [6, 6.07) is 5.12. The lowest BCUT2D eigenvalue weighted by Crippen LogP contribution is -2.32. The molecular formula is C13H17ClO3. The van der Waals surface area contributed by atoms with Crippen molar-refractivity contribution < 1.29 is 14.9 Å². The molecule has 0 unspecified atom stereocenters. The minimum atomic E-state index is -0.702. The number of hydrogen-bond acceptors (Lipinski definition) is 3. The third-order valence-corrected chi connectivity index (χ3v) is 3.46. The molecule has 1 aliphatic rings. The predicted molar refractivity (Wildman–Crippen MR) is 66.3 cm³/mol. The van der Waals surface area contributed by atoms with Crippen molar-refractivity contribution in [3.63, 3.8) is 0 Å². The standard InChI is InChI=1S/C13H17ClO3/c14-11-3-4-12(10(7-11)8-15)17-9-13(16)5-1-2-6-13/h3-4,7,15-16H,1-2,5-6,8-9H2. The van der Waals surface area contributed by atoms with Crippen LogP contribution in [-0.2, 0) is 6.61 Å². The van der Waals surface area contributed by atoms with E-state index in [0.29, 0.717) is 16.3 Å². The van der Waals surface area contributed by atoms with E-state index in [1.807, 2.05) is 0 Å². The van der Waals surface area contributed by atoms with E-state index in [1.165, 1.54) is 0 Å². The van der Waals surface area contributed by atoms with Crippen molar-refractivity contribution in [2.24, 2.45) is 0 Å². The molecule has 3 nitrogen and oxygen atoms in total. The van der Waals surface area contributed by atoms with Gasteiger partial charge in [-0.2, -0.15) is 0 Å². The van der Waals surface area contributed by atoms with Crippen molar-refractivity contribution in [2.75, 3.05) is 6.61 Å². The maximum absolute atomic E-state index is 10.2. The zero-order valence-electron chi connectivity index (χ0n) is 9.66. The summed E-state index contributed by atoms with van der Waals surface area (Å²) in [5.74, 6) is 0.595. The lowest BCUT2D eigenvalue weighted by molar-refractivity contribution is 0.000821. The Hall–Kier alpha value is -0.770. The lowest BCUT2D eigenvalue weighted by atomic mass is 10.0. The summed E-state index contributed by atoms with van der Waals surface area (Å²) >= 11 is 5.83. The average Bonchev–Trinajstić information content (AvgIpc) is 2.75. The molecule has 0 bridgehead atoms. The minimum absolute atomic E-state index is 0.117. The first-order valence-corrected chi connectivity index (χ1v) is 6.25. The fourth-order valence-electron chi connectivity index (χ4n) is 2.20. The first-order chi connectivity index (χ1) is 8.13. The lowest BCUT2D eigenvalue weighted by Gasteiger charge is -2.23. The Balaban J connectivity index is 2.03. The molecule has 94 valence electrons. The summed E-state index contributed by atoms with van der Waals surface area (Å²) in [6.45, 7) is 0.163. The van der Waals surface area contributed by atoms with Crippen molar-refractivity contribution in [1.82, 2.24) is 0 Å². The molecule has 17 heavy (non-hydrogen) atoms. The monoisotopic (exact) mass is 256 g/mol. The first kappa shape index (κ1) is 12.7. The number of ether oxygens (including phenoxy) is 1. The second-order valence-electron chi connectivity index (χ2n) is 4.63. The van der Waals surface area contributed by atoms with Gasteiger partial charge in [0.25, 0.3) is 0 Å². The Kier molecular flexibility index (Phi) is 3.92. The van der Waals surface area contributed by atoms with Gasteiger partial charge in [-0.1, -0.05) is 24.4 Å². The zero-order chi connectivity index (χ0) is 12.3. The maximum atomic E-state index is 10.2. The number of aliphatic hydroxyl groups is 2. The van der Waals surface area contributed by atoms with Gasteiger partial charge in [0.15, 0.2) is 0 Å². The number of benzene rings is 1. The Morgan fingerprint density at radius 3 is 2.65 bits per heavy atom.